The molecule has 1 fully saturated rings. The Morgan fingerprint density at radius 1 is 1.26 bits per heavy atom. The first kappa shape index (κ1) is 17.4. The molecule has 1 aliphatic heterocycles. The summed E-state index contributed by atoms with van der Waals surface area (Å²) in [6, 6.07) is 5.63. The Hall–Kier alpha value is -1.91. The van der Waals surface area contributed by atoms with Gasteiger partial charge < -0.3 is 10.2 Å². The maximum Gasteiger partial charge on any atom is 0.225 e. The second-order valence-electron chi connectivity index (χ2n) is 6.67. The van der Waals surface area contributed by atoms with E-state index in [-0.39, 0.29) is 23.8 Å². The monoisotopic (exact) mass is 317 g/mol. The molecule has 1 atom stereocenters. The third-order valence-electron chi connectivity index (χ3n) is 4.40. The van der Waals surface area contributed by atoms with E-state index in [2.05, 4.69) is 10.3 Å². The van der Waals surface area contributed by atoms with Crippen LogP contribution < -0.4 is 5.32 Å². The van der Waals surface area contributed by atoms with Gasteiger partial charge in [-0.2, -0.15) is 0 Å². The lowest BCUT2D eigenvalue weighted by Crippen LogP contribution is -2.41. The van der Waals surface area contributed by atoms with Gasteiger partial charge >= 0.3 is 0 Å². The molecule has 0 aliphatic carbocycles. The highest BCUT2D eigenvalue weighted by molar-refractivity contribution is 5.78. The molecule has 5 nitrogen and oxygen atoms in total. The van der Waals surface area contributed by atoms with Crippen LogP contribution in [0.5, 0.6) is 0 Å². The molecule has 1 aromatic rings. The van der Waals surface area contributed by atoms with Gasteiger partial charge in [-0.15, -0.1) is 0 Å². The van der Waals surface area contributed by atoms with Crippen molar-refractivity contribution in [3.8, 4) is 0 Å². The molecule has 126 valence electrons. The van der Waals surface area contributed by atoms with Crippen LogP contribution in [0.4, 0.5) is 0 Å². The fourth-order valence-corrected chi connectivity index (χ4v) is 2.99. The zero-order valence-corrected chi connectivity index (χ0v) is 14.3. The zero-order valence-electron chi connectivity index (χ0n) is 14.3. The lowest BCUT2D eigenvalue weighted by Gasteiger charge is -2.33. The van der Waals surface area contributed by atoms with Crippen molar-refractivity contribution in [2.75, 3.05) is 13.1 Å². The van der Waals surface area contributed by atoms with Gasteiger partial charge in [-0.3, -0.25) is 14.6 Å². The number of hydrogen-bond donors (Lipinski definition) is 1. The lowest BCUT2D eigenvalue weighted by atomic mass is 9.92. The van der Waals surface area contributed by atoms with E-state index < -0.39 is 0 Å². The van der Waals surface area contributed by atoms with Gasteiger partial charge in [0.15, 0.2) is 0 Å². The van der Waals surface area contributed by atoms with Crippen molar-refractivity contribution < 1.29 is 9.59 Å². The average Bonchev–Trinajstić information content (AvgIpc) is 2.55. The minimum absolute atomic E-state index is 0.0501. The predicted octanol–water partition coefficient (Wildman–Crippen LogP) is 2.54. The molecule has 2 amide bonds. The van der Waals surface area contributed by atoms with Gasteiger partial charge in [-0.25, -0.2) is 0 Å². The Balaban J connectivity index is 1.76. The Morgan fingerprint density at radius 2 is 1.96 bits per heavy atom. The maximum absolute atomic E-state index is 12.2. The quantitative estimate of drug-likeness (QED) is 0.908. The summed E-state index contributed by atoms with van der Waals surface area (Å²) in [6.45, 7) is 7.35. The normalized spacial score (nSPS) is 17.1. The van der Waals surface area contributed by atoms with E-state index >= 15 is 0 Å². The van der Waals surface area contributed by atoms with Crippen LogP contribution >= 0.6 is 0 Å². The van der Waals surface area contributed by atoms with E-state index in [9.17, 15) is 9.59 Å². The van der Waals surface area contributed by atoms with Gasteiger partial charge in [0.05, 0.1) is 11.7 Å². The van der Waals surface area contributed by atoms with Gasteiger partial charge in [0.25, 0.3) is 0 Å². The predicted molar refractivity (Wildman–Crippen MR) is 89.6 cm³/mol. The molecule has 1 unspecified atom stereocenters. The Morgan fingerprint density at radius 3 is 2.52 bits per heavy atom. The Bertz CT molecular complexity index is 522. The largest absolute Gasteiger partial charge is 0.348 e. The summed E-state index contributed by atoms with van der Waals surface area (Å²) in [5, 5.41) is 3.01. The SMILES string of the molecule is CC(C)C(=O)N1CCC(CC(=O)NC(C)c2ccccn2)CC1. The molecule has 0 radical (unpaired) electrons. The molecule has 1 aromatic heterocycles. The van der Waals surface area contributed by atoms with Crippen molar-refractivity contribution in [1.29, 1.82) is 0 Å². The molecule has 5 heteroatoms. The van der Waals surface area contributed by atoms with Crippen LogP contribution in [0.15, 0.2) is 24.4 Å². The smallest absolute Gasteiger partial charge is 0.225 e. The van der Waals surface area contributed by atoms with Crippen LogP contribution in [0.3, 0.4) is 0 Å². The first-order valence-electron chi connectivity index (χ1n) is 8.46. The number of hydrogen-bond acceptors (Lipinski definition) is 3. The van der Waals surface area contributed by atoms with Crippen LogP contribution in [0, 0.1) is 11.8 Å². The van der Waals surface area contributed by atoms with E-state index in [1.54, 1.807) is 6.20 Å². The highest BCUT2D eigenvalue weighted by Gasteiger charge is 2.25. The summed E-state index contributed by atoms with van der Waals surface area (Å²) < 4.78 is 0. The van der Waals surface area contributed by atoms with E-state index in [0.29, 0.717) is 12.3 Å². The summed E-state index contributed by atoms with van der Waals surface area (Å²) >= 11 is 0. The van der Waals surface area contributed by atoms with Crippen molar-refractivity contribution >= 4 is 11.8 Å². The number of piperidine rings is 1. The van der Waals surface area contributed by atoms with Crippen molar-refractivity contribution in [3.05, 3.63) is 30.1 Å². The highest BCUT2D eigenvalue weighted by atomic mass is 16.2. The molecule has 0 bridgehead atoms. The number of likely N-dealkylation sites (tertiary alicyclic amines) is 1. The maximum atomic E-state index is 12.2. The number of rotatable bonds is 5. The molecule has 2 rings (SSSR count). The minimum atomic E-state index is -0.0775. The van der Waals surface area contributed by atoms with Crippen molar-refractivity contribution in [2.45, 2.75) is 46.1 Å². The molecule has 1 saturated heterocycles. The Kier molecular flexibility index (Phi) is 6.13. The third-order valence-corrected chi connectivity index (χ3v) is 4.40. The molecule has 0 saturated carbocycles. The molecule has 1 aliphatic rings. The summed E-state index contributed by atoms with van der Waals surface area (Å²) in [5.41, 5.74) is 0.873. The number of amides is 2. The molecule has 23 heavy (non-hydrogen) atoms. The van der Waals surface area contributed by atoms with Crippen LogP contribution in [0.2, 0.25) is 0 Å². The second-order valence-corrected chi connectivity index (χ2v) is 6.67. The fraction of sp³-hybridized carbons (Fsp3) is 0.611. The Labute approximate surface area is 138 Å². The molecule has 2 heterocycles. The minimum Gasteiger partial charge on any atom is -0.348 e. The average molecular weight is 317 g/mol. The molecule has 1 N–H and O–H groups in total. The number of nitrogens with one attached hydrogen (secondary N) is 1. The first-order chi connectivity index (χ1) is 11.0. The standard InChI is InChI=1S/C18H27N3O2/c1-13(2)18(23)21-10-7-15(8-11-21)12-17(22)20-14(3)16-6-4-5-9-19-16/h4-6,9,13-15H,7-8,10-12H2,1-3H3,(H,20,22). The van der Waals surface area contributed by atoms with E-state index in [1.165, 1.54) is 0 Å². The van der Waals surface area contributed by atoms with Gasteiger partial charge in [-0.1, -0.05) is 19.9 Å². The summed E-state index contributed by atoms with van der Waals surface area (Å²) in [5.74, 6) is 0.699. The number of carbonyl (C=O) groups is 2. The third kappa shape index (κ3) is 5.05. The van der Waals surface area contributed by atoms with Gasteiger partial charge in [0, 0.05) is 31.6 Å². The lowest BCUT2D eigenvalue weighted by molar-refractivity contribution is -0.136. The first-order valence-corrected chi connectivity index (χ1v) is 8.46. The van der Waals surface area contributed by atoms with Crippen molar-refractivity contribution in [1.82, 2.24) is 15.2 Å². The molecular formula is C18H27N3O2. The molecule has 0 spiro atoms. The molecular weight excluding hydrogens is 290 g/mol. The number of aromatic nitrogens is 1. The van der Waals surface area contributed by atoms with Gasteiger partial charge in [-0.05, 0) is 37.8 Å². The van der Waals surface area contributed by atoms with Crippen LogP contribution in [-0.2, 0) is 9.59 Å². The van der Waals surface area contributed by atoms with Crippen LogP contribution in [0.1, 0.15) is 51.8 Å². The zero-order chi connectivity index (χ0) is 16.8. The van der Waals surface area contributed by atoms with Gasteiger partial charge in [0.2, 0.25) is 11.8 Å². The van der Waals surface area contributed by atoms with E-state index in [1.807, 2.05) is 43.9 Å². The number of carbonyl (C=O) groups excluding carboxylic acids is 2. The van der Waals surface area contributed by atoms with Crippen molar-refractivity contribution in [3.63, 3.8) is 0 Å². The van der Waals surface area contributed by atoms with Crippen LogP contribution in [-0.4, -0.2) is 34.8 Å². The van der Waals surface area contributed by atoms with Crippen molar-refractivity contribution in [2.24, 2.45) is 11.8 Å². The number of pyridine rings is 1. The van der Waals surface area contributed by atoms with E-state index in [4.69, 9.17) is 0 Å². The summed E-state index contributed by atoms with van der Waals surface area (Å²) in [4.78, 5) is 30.4. The number of nitrogens with zero attached hydrogens (tertiary/aromatic N) is 2. The van der Waals surface area contributed by atoms with Crippen LogP contribution in [0.25, 0.3) is 0 Å². The van der Waals surface area contributed by atoms with E-state index in [0.717, 1.165) is 31.6 Å². The summed E-state index contributed by atoms with van der Waals surface area (Å²) in [6.07, 6.45) is 4.08. The molecule has 0 aromatic carbocycles. The second kappa shape index (κ2) is 8.09. The highest BCUT2D eigenvalue weighted by Crippen LogP contribution is 2.22. The fourth-order valence-electron chi connectivity index (χ4n) is 2.99. The summed E-state index contributed by atoms with van der Waals surface area (Å²) in [7, 11) is 0. The van der Waals surface area contributed by atoms with Gasteiger partial charge in [0.1, 0.15) is 0 Å². The topological polar surface area (TPSA) is 62.3 Å².